The number of rotatable bonds is 1. The first kappa shape index (κ1) is 12.8. The van der Waals surface area contributed by atoms with Crippen LogP contribution in [0.1, 0.15) is 0 Å². The molecule has 0 radical (unpaired) electrons. The smallest absolute Gasteiger partial charge is 0.291 e. The zero-order valence-electron chi connectivity index (χ0n) is 6.78. The van der Waals surface area contributed by atoms with Gasteiger partial charge in [-0.3, -0.25) is 5.84 Å². The lowest BCUT2D eigenvalue weighted by Gasteiger charge is -2.01. The zero-order valence-corrected chi connectivity index (χ0v) is 8.29. The Kier molecular flexibility index (Phi) is 5.70. The Morgan fingerprint density at radius 1 is 1.50 bits per heavy atom. The molecule has 0 fully saturated rings. The van der Waals surface area contributed by atoms with Crippen LogP contribution in [0.25, 0.3) is 0 Å². The van der Waals surface area contributed by atoms with Gasteiger partial charge in [0.05, 0.1) is 10.7 Å². The number of hydrogen-bond donors (Lipinski definition) is 3. The van der Waals surface area contributed by atoms with E-state index in [4.69, 9.17) is 44.4 Å². The second-order valence-corrected chi connectivity index (χ2v) is 2.85. The van der Waals surface area contributed by atoms with Gasteiger partial charge >= 0.3 is 0 Å². The Balaban J connectivity index is 0.000000364. The van der Waals surface area contributed by atoms with Crippen LogP contribution in [0.4, 0.5) is 5.69 Å². The van der Waals surface area contributed by atoms with Gasteiger partial charge in [-0.25, -0.2) is 0 Å². The third-order valence-electron chi connectivity index (χ3n) is 1.09. The van der Waals surface area contributed by atoms with Gasteiger partial charge in [0.15, 0.2) is 0 Å². The number of hydrogen-bond acceptors (Lipinski definition) is 4. The van der Waals surface area contributed by atoms with Crippen molar-refractivity contribution in [2.45, 2.75) is 0 Å². The Morgan fingerprint density at radius 3 is 2.36 bits per heavy atom. The van der Waals surface area contributed by atoms with Crippen molar-refractivity contribution in [3.8, 4) is 0 Å². The standard InChI is InChI=1S/C6H6Cl2N2.HNO3/c7-4-1-2-6(10-9)5(8)3-4;2-1(3)4/h1-3,10H,9H2;(H,2,3,4). The molecule has 0 heterocycles. The maximum absolute atomic E-state index is 8.36. The molecule has 14 heavy (non-hydrogen) atoms. The largest absolute Gasteiger partial charge is 0.328 e. The van der Waals surface area contributed by atoms with Crippen LogP contribution in [0.15, 0.2) is 18.2 Å². The van der Waals surface area contributed by atoms with Crippen LogP contribution in [0.3, 0.4) is 0 Å². The predicted octanol–water partition coefficient (Wildman–Crippen LogP) is 1.93. The molecule has 0 aliphatic rings. The van der Waals surface area contributed by atoms with E-state index in [1.807, 2.05) is 0 Å². The number of nitrogens with one attached hydrogen (secondary N) is 1. The van der Waals surface area contributed by atoms with Gasteiger partial charge in [0.2, 0.25) is 0 Å². The highest BCUT2D eigenvalue weighted by Crippen LogP contribution is 2.23. The summed E-state index contributed by atoms with van der Waals surface area (Å²) in [6.45, 7) is 0. The third-order valence-corrected chi connectivity index (χ3v) is 1.63. The van der Waals surface area contributed by atoms with Gasteiger partial charge in [-0.2, -0.15) is 0 Å². The number of nitrogens with zero attached hydrogens (tertiary/aromatic N) is 1. The van der Waals surface area contributed by atoms with Crippen molar-refractivity contribution < 1.29 is 10.3 Å². The summed E-state index contributed by atoms with van der Waals surface area (Å²) < 4.78 is 0. The average molecular weight is 240 g/mol. The molecule has 1 aromatic rings. The number of nitrogen functional groups attached to an aromatic ring is 1. The van der Waals surface area contributed by atoms with Crippen molar-refractivity contribution in [1.82, 2.24) is 0 Å². The van der Waals surface area contributed by atoms with Gasteiger partial charge in [-0.05, 0) is 18.2 Å². The van der Waals surface area contributed by atoms with Gasteiger partial charge in [-0.1, -0.05) is 23.2 Å². The van der Waals surface area contributed by atoms with Gasteiger partial charge in [0.25, 0.3) is 5.09 Å². The normalized spacial score (nSPS) is 8.50. The average Bonchev–Trinajstić information content (AvgIpc) is 2.03. The van der Waals surface area contributed by atoms with E-state index in [0.29, 0.717) is 15.7 Å². The lowest BCUT2D eigenvalue weighted by atomic mass is 10.3. The fourth-order valence-electron chi connectivity index (χ4n) is 0.607. The molecule has 4 N–H and O–H groups in total. The number of benzene rings is 1. The van der Waals surface area contributed by atoms with Crippen molar-refractivity contribution in [2.75, 3.05) is 5.43 Å². The summed E-state index contributed by atoms with van der Waals surface area (Å²) in [5, 5.41) is 14.8. The third kappa shape index (κ3) is 5.41. The molecule has 0 aromatic heterocycles. The Hall–Kier alpha value is -1.24. The van der Waals surface area contributed by atoms with Gasteiger partial charge in [0, 0.05) is 5.02 Å². The molecular formula is C6H7Cl2N3O3. The highest BCUT2D eigenvalue weighted by Gasteiger charge is 1.96. The molecule has 0 amide bonds. The molecule has 0 aliphatic heterocycles. The molecule has 0 atom stereocenters. The van der Waals surface area contributed by atoms with Crippen LogP contribution in [0.2, 0.25) is 10.0 Å². The summed E-state index contributed by atoms with van der Waals surface area (Å²) in [4.78, 5) is 8.36. The van der Waals surface area contributed by atoms with Gasteiger partial charge in [0.1, 0.15) is 0 Å². The summed E-state index contributed by atoms with van der Waals surface area (Å²) >= 11 is 11.3. The van der Waals surface area contributed by atoms with E-state index >= 15 is 0 Å². The molecule has 0 bridgehead atoms. The van der Waals surface area contributed by atoms with E-state index in [0.717, 1.165) is 0 Å². The topological polar surface area (TPSA) is 101 Å². The van der Waals surface area contributed by atoms with Crippen LogP contribution < -0.4 is 11.3 Å². The molecule has 0 aliphatic carbocycles. The van der Waals surface area contributed by atoms with E-state index in [2.05, 4.69) is 5.43 Å². The van der Waals surface area contributed by atoms with E-state index in [1.165, 1.54) is 0 Å². The monoisotopic (exact) mass is 239 g/mol. The van der Waals surface area contributed by atoms with E-state index < -0.39 is 5.09 Å². The highest BCUT2D eigenvalue weighted by atomic mass is 35.5. The molecule has 0 unspecified atom stereocenters. The second kappa shape index (κ2) is 6.25. The lowest BCUT2D eigenvalue weighted by molar-refractivity contribution is -0.742. The minimum atomic E-state index is -1.50. The second-order valence-electron chi connectivity index (χ2n) is 2.01. The molecule has 0 spiro atoms. The van der Waals surface area contributed by atoms with Crippen LogP contribution in [-0.4, -0.2) is 10.3 Å². The first-order valence-electron chi connectivity index (χ1n) is 3.22. The summed E-state index contributed by atoms with van der Waals surface area (Å²) in [6, 6.07) is 5.05. The Morgan fingerprint density at radius 2 is 2.00 bits per heavy atom. The molecule has 78 valence electrons. The summed E-state index contributed by atoms with van der Waals surface area (Å²) in [5.41, 5.74) is 3.10. The minimum absolute atomic E-state index is 0.523. The Bertz CT molecular complexity index is 317. The van der Waals surface area contributed by atoms with E-state index in [9.17, 15) is 0 Å². The van der Waals surface area contributed by atoms with E-state index in [-0.39, 0.29) is 0 Å². The SMILES string of the molecule is NNc1ccc(Cl)cc1Cl.O=[N+]([O-])O. The maximum Gasteiger partial charge on any atom is 0.291 e. The van der Waals surface area contributed by atoms with Crippen molar-refractivity contribution >= 4 is 28.9 Å². The fourth-order valence-corrected chi connectivity index (χ4v) is 1.07. The predicted molar refractivity (Wildman–Crippen MR) is 53.1 cm³/mol. The number of nitrogens with two attached hydrogens (primary N) is 1. The molecule has 8 heteroatoms. The van der Waals surface area contributed by atoms with Gasteiger partial charge in [-0.15, -0.1) is 10.1 Å². The maximum atomic E-state index is 8.36. The van der Waals surface area contributed by atoms with Crippen molar-refractivity contribution in [1.29, 1.82) is 0 Å². The summed E-state index contributed by atoms with van der Waals surface area (Å²) in [6.07, 6.45) is 0. The molecule has 1 rings (SSSR count). The molecule has 6 nitrogen and oxygen atoms in total. The first-order valence-corrected chi connectivity index (χ1v) is 3.98. The van der Waals surface area contributed by atoms with Crippen LogP contribution in [0, 0.1) is 10.1 Å². The van der Waals surface area contributed by atoms with Crippen molar-refractivity contribution in [3.05, 3.63) is 38.4 Å². The minimum Gasteiger partial charge on any atom is -0.328 e. The Labute approximate surface area is 89.3 Å². The molecule has 1 aromatic carbocycles. The van der Waals surface area contributed by atoms with Crippen molar-refractivity contribution in [3.63, 3.8) is 0 Å². The van der Waals surface area contributed by atoms with Crippen LogP contribution in [-0.2, 0) is 0 Å². The summed E-state index contributed by atoms with van der Waals surface area (Å²) in [5.74, 6) is 5.12. The first-order chi connectivity index (χ1) is 6.47. The number of halogens is 2. The van der Waals surface area contributed by atoms with Gasteiger partial charge < -0.3 is 10.6 Å². The summed E-state index contributed by atoms with van der Waals surface area (Å²) in [7, 11) is 0. The van der Waals surface area contributed by atoms with E-state index in [1.54, 1.807) is 18.2 Å². The highest BCUT2D eigenvalue weighted by molar-refractivity contribution is 6.36. The fraction of sp³-hybridized carbons (Fsp3) is 0. The number of hydrazine groups is 1. The van der Waals surface area contributed by atoms with Crippen molar-refractivity contribution in [2.24, 2.45) is 5.84 Å². The van der Waals surface area contributed by atoms with Crippen LogP contribution >= 0.6 is 23.2 Å². The quantitative estimate of drug-likeness (QED) is 0.395. The number of anilines is 1. The zero-order chi connectivity index (χ0) is 11.1. The lowest BCUT2D eigenvalue weighted by Crippen LogP contribution is -2.06. The van der Waals surface area contributed by atoms with Crippen LogP contribution in [0.5, 0.6) is 0 Å². The molecule has 0 saturated heterocycles. The molecule has 0 saturated carbocycles. The molecular weight excluding hydrogens is 233 g/mol.